The van der Waals surface area contributed by atoms with Crippen molar-refractivity contribution in [1.82, 2.24) is 0 Å². The van der Waals surface area contributed by atoms with E-state index < -0.39 is 5.51 Å². The summed E-state index contributed by atoms with van der Waals surface area (Å²) in [5, 5.41) is 0.488. The fourth-order valence-electron chi connectivity index (χ4n) is 1.07. The summed E-state index contributed by atoms with van der Waals surface area (Å²) in [7, 11) is 0. The van der Waals surface area contributed by atoms with Gasteiger partial charge < -0.3 is 0 Å². The normalized spacial score (nSPS) is 18.2. The topological polar surface area (TPSA) is 0 Å². The Morgan fingerprint density at radius 3 is 2.69 bits per heavy atom. The molecule has 1 aliphatic rings. The zero-order valence-corrected chi connectivity index (χ0v) is 9.10. The molecule has 0 heterocycles. The minimum absolute atomic E-state index is 0.00875. The molecule has 0 saturated heterocycles. The predicted molar refractivity (Wildman–Crippen MR) is 52.8 cm³/mol. The molecule has 0 radical (unpaired) electrons. The molecule has 13 heavy (non-hydrogen) atoms. The maximum absolute atomic E-state index is 12.0. The van der Waals surface area contributed by atoms with E-state index in [1.807, 2.05) is 6.08 Å². The lowest BCUT2D eigenvalue weighted by Crippen LogP contribution is -2.03. The molecular formula is C8H8BrF3S. The summed E-state index contributed by atoms with van der Waals surface area (Å²) in [5.41, 5.74) is -3.41. The summed E-state index contributed by atoms with van der Waals surface area (Å²) in [5.74, 6) is 0. The molecule has 0 aromatic carbocycles. The molecule has 0 bridgehead atoms. The van der Waals surface area contributed by atoms with Gasteiger partial charge >= 0.3 is 5.51 Å². The quantitative estimate of drug-likeness (QED) is 0.678. The van der Waals surface area contributed by atoms with Crippen LogP contribution in [0.3, 0.4) is 0 Å². The van der Waals surface area contributed by atoms with Gasteiger partial charge in [0.25, 0.3) is 0 Å². The summed E-state index contributed by atoms with van der Waals surface area (Å²) in [6.45, 7) is 0. The van der Waals surface area contributed by atoms with E-state index in [1.54, 1.807) is 6.08 Å². The molecule has 1 aliphatic carbocycles. The molecule has 0 N–H and O–H groups in total. The summed E-state index contributed by atoms with van der Waals surface area (Å²) >= 11 is 3.18. The minimum atomic E-state index is -4.16. The number of hydrogen-bond acceptors (Lipinski definition) is 1. The average molecular weight is 273 g/mol. The van der Waals surface area contributed by atoms with Crippen LogP contribution in [0.4, 0.5) is 13.2 Å². The van der Waals surface area contributed by atoms with Gasteiger partial charge in [0, 0.05) is 5.33 Å². The van der Waals surface area contributed by atoms with Crippen LogP contribution in [0.5, 0.6) is 0 Å². The summed E-state index contributed by atoms with van der Waals surface area (Å²) in [6.07, 6.45) is 4.86. The van der Waals surface area contributed by atoms with Gasteiger partial charge in [-0.1, -0.05) is 28.1 Å². The smallest absolute Gasteiger partial charge is 0.160 e. The van der Waals surface area contributed by atoms with Gasteiger partial charge in [-0.15, -0.1) is 0 Å². The summed E-state index contributed by atoms with van der Waals surface area (Å²) in [4.78, 5) is 0.437. The summed E-state index contributed by atoms with van der Waals surface area (Å²) < 4.78 is 36.1. The van der Waals surface area contributed by atoms with Crippen LogP contribution in [0.25, 0.3) is 0 Å². The van der Waals surface area contributed by atoms with Gasteiger partial charge in [0.1, 0.15) is 0 Å². The number of rotatable bonds is 2. The lowest BCUT2D eigenvalue weighted by molar-refractivity contribution is -0.0322. The van der Waals surface area contributed by atoms with Gasteiger partial charge in [-0.05, 0) is 35.1 Å². The Bertz CT molecular complexity index is 242. The molecule has 0 saturated carbocycles. The van der Waals surface area contributed by atoms with E-state index in [9.17, 15) is 13.2 Å². The molecule has 0 atom stereocenters. The van der Waals surface area contributed by atoms with Gasteiger partial charge in [0.2, 0.25) is 0 Å². The third kappa shape index (κ3) is 3.77. The predicted octanol–water partition coefficient (Wildman–Crippen LogP) is 4.24. The van der Waals surface area contributed by atoms with Crippen molar-refractivity contribution in [2.45, 2.75) is 18.3 Å². The van der Waals surface area contributed by atoms with E-state index in [0.717, 1.165) is 5.57 Å². The second-order valence-electron chi connectivity index (χ2n) is 2.57. The van der Waals surface area contributed by atoms with Gasteiger partial charge in [-0.3, -0.25) is 0 Å². The Balaban J connectivity index is 2.75. The molecule has 0 amide bonds. The minimum Gasteiger partial charge on any atom is -0.160 e. The molecule has 0 aromatic rings. The van der Waals surface area contributed by atoms with Gasteiger partial charge in [0.05, 0.1) is 0 Å². The van der Waals surface area contributed by atoms with E-state index in [0.29, 0.717) is 23.1 Å². The Hall–Kier alpha value is 0.1000. The molecule has 0 nitrogen and oxygen atoms in total. The second-order valence-corrected chi connectivity index (χ2v) is 4.29. The number of thioether (sulfide) groups is 1. The van der Waals surface area contributed by atoms with Crippen molar-refractivity contribution in [1.29, 1.82) is 0 Å². The zero-order chi connectivity index (χ0) is 9.90. The summed E-state index contributed by atoms with van der Waals surface area (Å²) in [6, 6.07) is 0. The fraction of sp³-hybridized carbons (Fsp3) is 0.500. The number of allylic oxidation sites excluding steroid dienone is 4. The molecule has 0 fully saturated rings. The standard InChI is InChI=1S/C8H8BrF3S/c9-5-6-3-1-2-4-7(6)13-8(10,11)12/h1,3H,2,4-5H2. The second kappa shape index (κ2) is 4.55. The van der Waals surface area contributed by atoms with Crippen molar-refractivity contribution in [3.63, 3.8) is 0 Å². The monoisotopic (exact) mass is 272 g/mol. The van der Waals surface area contributed by atoms with Gasteiger partial charge in [0.15, 0.2) is 0 Å². The Morgan fingerprint density at radius 1 is 1.46 bits per heavy atom. The van der Waals surface area contributed by atoms with Crippen molar-refractivity contribution in [3.05, 3.63) is 22.6 Å². The average Bonchev–Trinajstić information content (AvgIpc) is 2.02. The Labute approximate surface area is 87.4 Å². The SMILES string of the molecule is FC(F)(F)SC1=C(CBr)C=CCC1. The van der Waals surface area contributed by atoms with Crippen LogP contribution in [-0.4, -0.2) is 10.8 Å². The third-order valence-corrected chi connectivity index (χ3v) is 3.15. The van der Waals surface area contributed by atoms with Gasteiger partial charge in [-0.2, -0.15) is 13.2 Å². The van der Waals surface area contributed by atoms with Crippen molar-refractivity contribution in [2.24, 2.45) is 0 Å². The fourth-order valence-corrected chi connectivity index (χ4v) is 2.55. The Morgan fingerprint density at radius 2 is 2.15 bits per heavy atom. The zero-order valence-electron chi connectivity index (χ0n) is 6.70. The van der Waals surface area contributed by atoms with Crippen LogP contribution in [0.15, 0.2) is 22.6 Å². The van der Waals surface area contributed by atoms with E-state index in [1.165, 1.54) is 0 Å². The first-order valence-electron chi connectivity index (χ1n) is 3.73. The van der Waals surface area contributed by atoms with E-state index in [-0.39, 0.29) is 11.8 Å². The molecule has 0 spiro atoms. The first kappa shape index (κ1) is 11.2. The van der Waals surface area contributed by atoms with Crippen LogP contribution in [0.2, 0.25) is 0 Å². The molecular weight excluding hydrogens is 265 g/mol. The first-order chi connectivity index (χ1) is 6.03. The number of hydrogen-bond donors (Lipinski definition) is 0. The molecule has 0 aromatic heterocycles. The highest BCUT2D eigenvalue weighted by Gasteiger charge is 2.31. The van der Waals surface area contributed by atoms with Crippen LogP contribution in [0.1, 0.15) is 12.8 Å². The lowest BCUT2D eigenvalue weighted by Gasteiger charge is -2.15. The van der Waals surface area contributed by atoms with Crippen LogP contribution >= 0.6 is 27.7 Å². The first-order valence-corrected chi connectivity index (χ1v) is 5.67. The maximum Gasteiger partial charge on any atom is 0.446 e. The highest BCUT2D eigenvalue weighted by molar-refractivity contribution is 9.09. The van der Waals surface area contributed by atoms with Crippen molar-refractivity contribution < 1.29 is 13.2 Å². The van der Waals surface area contributed by atoms with E-state index in [4.69, 9.17) is 0 Å². The Kier molecular flexibility index (Phi) is 3.91. The number of alkyl halides is 4. The highest BCUT2D eigenvalue weighted by atomic mass is 79.9. The van der Waals surface area contributed by atoms with E-state index >= 15 is 0 Å². The maximum atomic E-state index is 12.0. The van der Waals surface area contributed by atoms with E-state index in [2.05, 4.69) is 15.9 Å². The highest BCUT2D eigenvalue weighted by Crippen LogP contribution is 2.41. The molecule has 0 aliphatic heterocycles. The largest absolute Gasteiger partial charge is 0.446 e. The van der Waals surface area contributed by atoms with Gasteiger partial charge in [-0.25, -0.2) is 0 Å². The molecule has 0 unspecified atom stereocenters. The molecule has 5 heteroatoms. The molecule has 74 valence electrons. The lowest BCUT2D eigenvalue weighted by atomic mass is 10.1. The van der Waals surface area contributed by atoms with Crippen molar-refractivity contribution in [2.75, 3.05) is 5.33 Å². The van der Waals surface area contributed by atoms with Crippen molar-refractivity contribution >= 4 is 27.7 Å². The van der Waals surface area contributed by atoms with Crippen molar-refractivity contribution in [3.8, 4) is 0 Å². The van der Waals surface area contributed by atoms with Crippen LogP contribution in [0, 0.1) is 0 Å². The number of halogens is 4. The van der Waals surface area contributed by atoms with Crippen LogP contribution < -0.4 is 0 Å². The van der Waals surface area contributed by atoms with Crippen LogP contribution in [-0.2, 0) is 0 Å². The molecule has 1 rings (SSSR count). The third-order valence-electron chi connectivity index (χ3n) is 1.60.